The predicted octanol–water partition coefficient (Wildman–Crippen LogP) is 3.74. The number of hydrogen-bond donors (Lipinski definition) is 2. The number of piperidine rings is 1. The van der Waals surface area contributed by atoms with Gasteiger partial charge in [-0.3, -0.25) is 4.90 Å². The maximum atomic E-state index is 11.6. The van der Waals surface area contributed by atoms with Crippen molar-refractivity contribution in [1.82, 2.24) is 9.88 Å². The highest BCUT2D eigenvalue weighted by molar-refractivity contribution is 7.89. The van der Waals surface area contributed by atoms with Gasteiger partial charge in [0, 0.05) is 25.7 Å². The summed E-state index contributed by atoms with van der Waals surface area (Å²) < 4.78 is 40.5. The molecule has 0 saturated carbocycles. The number of aromatic nitrogens is 1. The summed E-state index contributed by atoms with van der Waals surface area (Å²) in [6.07, 6.45) is 1.97. The fourth-order valence-corrected chi connectivity index (χ4v) is 4.62. The average molecular weight is 489 g/mol. The molecule has 0 radical (unpaired) electrons. The lowest BCUT2D eigenvalue weighted by Gasteiger charge is -2.32. The van der Waals surface area contributed by atoms with Crippen molar-refractivity contribution in [1.29, 1.82) is 0 Å². The third-order valence-corrected chi connectivity index (χ3v) is 6.59. The predicted molar refractivity (Wildman–Crippen MR) is 131 cm³/mol. The van der Waals surface area contributed by atoms with Crippen LogP contribution in [0.4, 0.5) is 6.01 Å². The molecule has 2 heterocycles. The normalized spacial score (nSPS) is 15.7. The molecule has 0 aliphatic carbocycles. The second-order valence-electron chi connectivity index (χ2n) is 8.77. The molecule has 1 fully saturated rings. The molecule has 0 bridgehead atoms. The number of nitrogens with two attached hydrogens (primary N) is 1. The molecule has 34 heavy (non-hydrogen) atoms. The van der Waals surface area contributed by atoms with Crippen LogP contribution in [-0.2, 0) is 16.6 Å². The molecule has 0 spiro atoms. The van der Waals surface area contributed by atoms with Crippen LogP contribution in [0.5, 0.6) is 11.5 Å². The third-order valence-electron chi connectivity index (χ3n) is 5.68. The van der Waals surface area contributed by atoms with Crippen molar-refractivity contribution in [3.8, 4) is 11.5 Å². The van der Waals surface area contributed by atoms with Crippen LogP contribution in [0.15, 0.2) is 45.7 Å². The van der Waals surface area contributed by atoms with Crippen molar-refractivity contribution in [2.45, 2.75) is 57.2 Å². The molecule has 3 N–H and O–H groups in total. The standard InChI is InChI=1S/C24H32N4O5S/c1-4-31-23-13-17(5-7-22(23)32-16(2)3)15-28-11-9-18(10-12-28)26-24-27-20-14-19(34(25,29)30)6-8-21(20)33-24/h5-8,13-14,16,18H,4,9-12,15H2,1-3H3,(H,26,27)(H2,25,29,30). The lowest BCUT2D eigenvalue weighted by Crippen LogP contribution is -2.38. The van der Waals surface area contributed by atoms with Gasteiger partial charge in [0.1, 0.15) is 5.52 Å². The summed E-state index contributed by atoms with van der Waals surface area (Å²) in [5.74, 6) is 1.56. The number of fused-ring (bicyclic) bond motifs is 1. The van der Waals surface area contributed by atoms with Crippen molar-refractivity contribution in [3.63, 3.8) is 0 Å². The minimum absolute atomic E-state index is 0.0180. The molecule has 4 rings (SSSR count). The Morgan fingerprint density at radius 1 is 1.18 bits per heavy atom. The van der Waals surface area contributed by atoms with Gasteiger partial charge in [-0.15, -0.1) is 0 Å². The molecule has 1 aliphatic heterocycles. The highest BCUT2D eigenvalue weighted by Gasteiger charge is 2.22. The Morgan fingerprint density at radius 3 is 2.62 bits per heavy atom. The molecule has 0 atom stereocenters. The molecule has 3 aromatic rings. The third kappa shape index (κ3) is 5.99. The summed E-state index contributed by atoms with van der Waals surface area (Å²) in [6.45, 7) is 9.28. The summed E-state index contributed by atoms with van der Waals surface area (Å²) in [5, 5.41) is 8.54. The van der Waals surface area contributed by atoms with Crippen molar-refractivity contribution in [2.75, 3.05) is 25.0 Å². The highest BCUT2D eigenvalue weighted by atomic mass is 32.2. The Balaban J connectivity index is 1.34. The van der Waals surface area contributed by atoms with Crippen molar-refractivity contribution in [2.24, 2.45) is 5.14 Å². The number of primary sulfonamides is 1. The Labute approximate surface area is 200 Å². The van der Waals surface area contributed by atoms with Crippen LogP contribution >= 0.6 is 0 Å². The first kappa shape index (κ1) is 24.3. The van der Waals surface area contributed by atoms with Gasteiger partial charge in [0.05, 0.1) is 17.6 Å². The lowest BCUT2D eigenvalue weighted by molar-refractivity contribution is 0.208. The Kier molecular flexibility index (Phi) is 7.30. The number of likely N-dealkylation sites (tertiary alicyclic amines) is 1. The van der Waals surface area contributed by atoms with Crippen LogP contribution in [0.2, 0.25) is 0 Å². The number of ether oxygens (including phenoxy) is 2. The zero-order chi connectivity index (χ0) is 24.3. The first-order valence-electron chi connectivity index (χ1n) is 11.6. The average Bonchev–Trinajstić information content (AvgIpc) is 3.18. The molecule has 10 heteroatoms. The number of anilines is 1. The fraction of sp³-hybridized carbons (Fsp3) is 0.458. The van der Waals surface area contributed by atoms with Gasteiger partial charge < -0.3 is 19.2 Å². The Morgan fingerprint density at radius 2 is 1.94 bits per heavy atom. The van der Waals surface area contributed by atoms with Gasteiger partial charge in [-0.2, -0.15) is 4.98 Å². The van der Waals surface area contributed by atoms with E-state index in [1.165, 1.54) is 17.7 Å². The van der Waals surface area contributed by atoms with Gasteiger partial charge in [-0.05, 0) is 69.5 Å². The topological polar surface area (TPSA) is 120 Å². The number of sulfonamides is 1. The van der Waals surface area contributed by atoms with Gasteiger partial charge >= 0.3 is 0 Å². The van der Waals surface area contributed by atoms with E-state index in [2.05, 4.69) is 27.3 Å². The Hall–Kier alpha value is -2.82. The van der Waals surface area contributed by atoms with E-state index < -0.39 is 10.0 Å². The molecule has 1 saturated heterocycles. The van der Waals surface area contributed by atoms with Crippen molar-refractivity contribution in [3.05, 3.63) is 42.0 Å². The Bertz CT molecular complexity index is 1230. The molecule has 9 nitrogen and oxygen atoms in total. The quantitative estimate of drug-likeness (QED) is 0.467. The largest absolute Gasteiger partial charge is 0.490 e. The summed E-state index contributed by atoms with van der Waals surface area (Å²) in [7, 11) is -3.78. The van der Waals surface area contributed by atoms with Crippen LogP contribution in [0.1, 0.15) is 39.2 Å². The van der Waals surface area contributed by atoms with Crippen molar-refractivity contribution >= 4 is 27.1 Å². The van der Waals surface area contributed by atoms with E-state index in [1.807, 2.05) is 26.8 Å². The second-order valence-corrected chi connectivity index (χ2v) is 10.3. The molecule has 2 aromatic carbocycles. The number of nitrogens with one attached hydrogen (secondary N) is 1. The molecule has 1 aromatic heterocycles. The first-order valence-corrected chi connectivity index (χ1v) is 13.1. The summed E-state index contributed by atoms with van der Waals surface area (Å²) in [5.41, 5.74) is 2.17. The number of oxazole rings is 1. The summed E-state index contributed by atoms with van der Waals surface area (Å²) in [4.78, 5) is 6.82. The molecular weight excluding hydrogens is 456 g/mol. The first-order chi connectivity index (χ1) is 16.2. The molecule has 1 aliphatic rings. The van der Waals surface area contributed by atoms with E-state index in [0.29, 0.717) is 23.7 Å². The SMILES string of the molecule is CCOc1cc(CN2CCC(Nc3nc4cc(S(N)(=O)=O)ccc4o3)CC2)ccc1OC(C)C. The van der Waals surface area contributed by atoms with Crippen LogP contribution in [0.3, 0.4) is 0 Å². The van der Waals surface area contributed by atoms with E-state index >= 15 is 0 Å². The molecule has 184 valence electrons. The number of benzene rings is 2. The van der Waals surface area contributed by atoms with Crippen molar-refractivity contribution < 1.29 is 22.3 Å². The van der Waals surface area contributed by atoms with Gasteiger partial charge in [-0.25, -0.2) is 13.6 Å². The van der Waals surface area contributed by atoms with E-state index in [9.17, 15) is 8.42 Å². The zero-order valence-corrected chi connectivity index (χ0v) is 20.6. The minimum atomic E-state index is -3.78. The highest BCUT2D eigenvalue weighted by Crippen LogP contribution is 2.30. The maximum Gasteiger partial charge on any atom is 0.295 e. The van der Waals surface area contributed by atoms with Gasteiger partial charge in [0.2, 0.25) is 10.0 Å². The van der Waals surface area contributed by atoms with Crippen LogP contribution in [-0.4, -0.2) is 50.1 Å². The number of rotatable bonds is 9. The van der Waals surface area contributed by atoms with Crippen LogP contribution < -0.4 is 19.9 Å². The van der Waals surface area contributed by atoms with E-state index in [4.69, 9.17) is 19.0 Å². The number of nitrogens with zero attached hydrogens (tertiary/aromatic N) is 2. The second kappa shape index (κ2) is 10.2. The lowest BCUT2D eigenvalue weighted by atomic mass is 10.0. The number of hydrogen-bond acceptors (Lipinski definition) is 8. The van der Waals surface area contributed by atoms with E-state index in [-0.39, 0.29) is 17.0 Å². The molecule has 0 unspecified atom stereocenters. The molecule has 0 amide bonds. The summed E-state index contributed by atoms with van der Waals surface area (Å²) in [6, 6.07) is 11.2. The summed E-state index contributed by atoms with van der Waals surface area (Å²) >= 11 is 0. The van der Waals surface area contributed by atoms with Gasteiger partial charge in [0.25, 0.3) is 6.01 Å². The maximum absolute atomic E-state index is 11.6. The zero-order valence-electron chi connectivity index (χ0n) is 19.8. The van der Waals surface area contributed by atoms with Crippen LogP contribution in [0.25, 0.3) is 11.1 Å². The van der Waals surface area contributed by atoms with E-state index in [0.717, 1.165) is 44.0 Å². The molecular formula is C24H32N4O5S. The fourth-order valence-electron chi connectivity index (χ4n) is 4.08. The van der Waals surface area contributed by atoms with Crippen LogP contribution in [0, 0.1) is 0 Å². The smallest absolute Gasteiger partial charge is 0.295 e. The minimum Gasteiger partial charge on any atom is -0.490 e. The van der Waals surface area contributed by atoms with Gasteiger partial charge in [-0.1, -0.05) is 6.07 Å². The monoisotopic (exact) mass is 488 g/mol. The van der Waals surface area contributed by atoms with Gasteiger partial charge in [0.15, 0.2) is 17.1 Å². The van der Waals surface area contributed by atoms with E-state index in [1.54, 1.807) is 6.07 Å².